The van der Waals surface area contributed by atoms with Crippen LogP contribution in [-0.4, -0.2) is 48.2 Å². The minimum Gasteiger partial charge on any atom is -0.370 e. The molecule has 4 rings (SSSR count). The number of anilines is 1. The van der Waals surface area contributed by atoms with Gasteiger partial charge >= 0.3 is 0 Å². The molecule has 2 atom stereocenters. The number of carbonyl (C=O) groups is 2. The maximum Gasteiger partial charge on any atom is 0.270 e. The summed E-state index contributed by atoms with van der Waals surface area (Å²) in [6.45, 7) is 1.41. The fourth-order valence-electron chi connectivity index (χ4n) is 3.57. The summed E-state index contributed by atoms with van der Waals surface area (Å²) < 4.78 is 5.84. The van der Waals surface area contributed by atoms with Gasteiger partial charge in [-0.1, -0.05) is 48.5 Å². The highest BCUT2D eigenvalue weighted by atomic mass is 16.5. The van der Waals surface area contributed by atoms with Gasteiger partial charge in [0.2, 0.25) is 5.91 Å². The van der Waals surface area contributed by atoms with Crippen LogP contribution < -0.4 is 10.7 Å². The number of nitrogens with zero attached hydrogens (tertiary/aromatic N) is 3. The van der Waals surface area contributed by atoms with Gasteiger partial charge < -0.3 is 15.4 Å². The molecule has 2 aromatic carbocycles. The Hall–Kier alpha value is -3.19. The van der Waals surface area contributed by atoms with Crippen molar-refractivity contribution in [3.63, 3.8) is 0 Å². The molecule has 0 aromatic heterocycles. The third kappa shape index (κ3) is 3.61. The van der Waals surface area contributed by atoms with E-state index in [1.807, 2.05) is 60.7 Å². The van der Waals surface area contributed by atoms with Gasteiger partial charge in [-0.25, -0.2) is 0 Å². The van der Waals surface area contributed by atoms with Gasteiger partial charge in [0.15, 0.2) is 0 Å². The molecule has 1 saturated heterocycles. The van der Waals surface area contributed by atoms with E-state index < -0.39 is 11.9 Å². The smallest absolute Gasteiger partial charge is 0.270 e. The Morgan fingerprint density at radius 2 is 1.71 bits per heavy atom. The zero-order valence-electron chi connectivity index (χ0n) is 15.4. The van der Waals surface area contributed by atoms with Gasteiger partial charge in [-0.3, -0.25) is 14.6 Å². The van der Waals surface area contributed by atoms with Crippen molar-refractivity contribution < 1.29 is 14.3 Å². The van der Waals surface area contributed by atoms with Crippen LogP contribution in [0.1, 0.15) is 18.1 Å². The van der Waals surface area contributed by atoms with Gasteiger partial charge in [0.25, 0.3) is 5.91 Å². The van der Waals surface area contributed by atoms with E-state index in [-0.39, 0.29) is 18.4 Å². The number of primary amides is 1. The largest absolute Gasteiger partial charge is 0.370 e. The average molecular weight is 378 g/mol. The van der Waals surface area contributed by atoms with Gasteiger partial charge in [0.05, 0.1) is 18.8 Å². The molecule has 0 radical (unpaired) electrons. The predicted molar refractivity (Wildman–Crippen MR) is 106 cm³/mol. The van der Waals surface area contributed by atoms with Gasteiger partial charge in [-0.05, 0) is 17.7 Å². The second-order valence-electron chi connectivity index (χ2n) is 6.87. The molecule has 7 nitrogen and oxygen atoms in total. The van der Waals surface area contributed by atoms with Crippen molar-refractivity contribution in [2.24, 2.45) is 10.8 Å². The fourth-order valence-corrected chi connectivity index (χ4v) is 3.57. The van der Waals surface area contributed by atoms with Gasteiger partial charge in [-0.2, -0.15) is 5.10 Å². The Kier molecular flexibility index (Phi) is 5.08. The number of morpholine rings is 1. The zero-order chi connectivity index (χ0) is 19.5. The van der Waals surface area contributed by atoms with E-state index in [1.165, 1.54) is 0 Å². The molecule has 144 valence electrons. The van der Waals surface area contributed by atoms with Crippen molar-refractivity contribution >= 4 is 23.2 Å². The molecule has 0 spiro atoms. The number of hydrogen-bond donors (Lipinski definition) is 1. The maximum atomic E-state index is 13.1. The minimum atomic E-state index is -0.660. The van der Waals surface area contributed by atoms with Gasteiger partial charge in [0, 0.05) is 13.0 Å². The van der Waals surface area contributed by atoms with Crippen molar-refractivity contribution in [3.8, 4) is 0 Å². The number of nitrogens with two attached hydrogens (primary N) is 1. The summed E-state index contributed by atoms with van der Waals surface area (Å²) in [6, 6.07) is 18.5. The zero-order valence-corrected chi connectivity index (χ0v) is 15.4. The normalized spacial score (nSPS) is 22.1. The molecule has 2 aromatic rings. The lowest BCUT2D eigenvalue weighted by atomic mass is 10.1. The Bertz CT molecular complexity index is 885. The SMILES string of the molecule is NC(=O)C1CC(C(=O)N2CCOC(c3ccccc3)C2)=NN1c1ccccc1. The first-order valence-electron chi connectivity index (χ1n) is 9.30. The molecule has 1 fully saturated rings. The number of hydrogen-bond acceptors (Lipinski definition) is 5. The first-order valence-corrected chi connectivity index (χ1v) is 9.30. The van der Waals surface area contributed by atoms with Crippen molar-refractivity contribution in [2.45, 2.75) is 18.6 Å². The molecule has 28 heavy (non-hydrogen) atoms. The van der Waals surface area contributed by atoms with Crippen LogP contribution in [0.15, 0.2) is 65.8 Å². The molecule has 7 heteroatoms. The lowest BCUT2D eigenvalue weighted by Gasteiger charge is -2.33. The molecule has 0 bridgehead atoms. The first kappa shape index (κ1) is 18.2. The highest BCUT2D eigenvalue weighted by Crippen LogP contribution is 2.27. The molecule has 2 aliphatic heterocycles. The summed E-state index contributed by atoms with van der Waals surface area (Å²) in [7, 11) is 0. The Morgan fingerprint density at radius 3 is 2.39 bits per heavy atom. The first-order chi connectivity index (χ1) is 13.6. The lowest BCUT2D eigenvalue weighted by molar-refractivity contribution is -0.131. The summed E-state index contributed by atoms with van der Waals surface area (Å²) in [4.78, 5) is 26.8. The van der Waals surface area contributed by atoms with Crippen molar-refractivity contribution in [1.82, 2.24) is 4.90 Å². The summed E-state index contributed by atoms with van der Waals surface area (Å²) in [6.07, 6.45) is 0.0363. The highest BCUT2D eigenvalue weighted by molar-refractivity contribution is 6.40. The molecule has 2 heterocycles. The molecule has 2 aliphatic rings. The Labute approximate surface area is 163 Å². The molecule has 2 N–H and O–H groups in total. The second-order valence-corrected chi connectivity index (χ2v) is 6.87. The van der Waals surface area contributed by atoms with Gasteiger partial charge in [0.1, 0.15) is 17.9 Å². The predicted octanol–water partition coefficient (Wildman–Crippen LogP) is 1.71. The summed E-state index contributed by atoms with van der Waals surface area (Å²) in [5.41, 5.74) is 7.68. The summed E-state index contributed by atoms with van der Waals surface area (Å²) in [5.74, 6) is -0.673. The number of rotatable bonds is 4. The van der Waals surface area contributed by atoms with Crippen molar-refractivity contribution in [3.05, 3.63) is 66.2 Å². The quantitative estimate of drug-likeness (QED) is 0.877. The maximum absolute atomic E-state index is 13.1. The molecule has 2 unspecified atom stereocenters. The topological polar surface area (TPSA) is 88.2 Å². The number of benzene rings is 2. The number of carbonyl (C=O) groups excluding carboxylic acids is 2. The van der Waals surface area contributed by atoms with E-state index >= 15 is 0 Å². The Morgan fingerprint density at radius 1 is 1.04 bits per heavy atom. The number of ether oxygens (including phenoxy) is 1. The van der Waals surface area contributed by atoms with Gasteiger partial charge in [-0.15, -0.1) is 0 Å². The average Bonchev–Trinajstić information content (AvgIpc) is 3.20. The van der Waals surface area contributed by atoms with E-state index in [2.05, 4.69) is 5.10 Å². The van der Waals surface area contributed by atoms with E-state index in [0.717, 1.165) is 11.3 Å². The summed E-state index contributed by atoms with van der Waals surface area (Å²) >= 11 is 0. The Balaban J connectivity index is 1.53. The third-order valence-electron chi connectivity index (χ3n) is 5.03. The molecule has 2 amide bonds. The molecule has 0 saturated carbocycles. The lowest BCUT2D eigenvalue weighted by Crippen LogP contribution is -2.45. The van der Waals surface area contributed by atoms with Crippen LogP contribution in [0.5, 0.6) is 0 Å². The van der Waals surface area contributed by atoms with Crippen molar-refractivity contribution in [2.75, 3.05) is 24.7 Å². The number of hydrazone groups is 1. The van der Waals surface area contributed by atoms with Crippen LogP contribution >= 0.6 is 0 Å². The molecular formula is C21H22N4O3. The minimum absolute atomic E-state index is 0.168. The fraction of sp³-hybridized carbons (Fsp3) is 0.286. The van der Waals surface area contributed by atoms with Crippen LogP contribution in [0.2, 0.25) is 0 Å². The van der Waals surface area contributed by atoms with Crippen LogP contribution in [0.25, 0.3) is 0 Å². The molecular weight excluding hydrogens is 356 g/mol. The molecule has 0 aliphatic carbocycles. The van der Waals surface area contributed by atoms with Crippen LogP contribution in [-0.2, 0) is 14.3 Å². The highest BCUT2D eigenvalue weighted by Gasteiger charge is 2.37. The van der Waals surface area contributed by atoms with Crippen molar-refractivity contribution in [1.29, 1.82) is 0 Å². The van der Waals surface area contributed by atoms with E-state index in [1.54, 1.807) is 9.91 Å². The number of amides is 2. The van der Waals surface area contributed by atoms with E-state index in [0.29, 0.717) is 25.4 Å². The second kappa shape index (κ2) is 7.82. The summed E-state index contributed by atoms with van der Waals surface area (Å²) in [5, 5.41) is 6.00. The van der Waals surface area contributed by atoms with Crippen LogP contribution in [0.4, 0.5) is 5.69 Å². The van der Waals surface area contributed by atoms with E-state index in [4.69, 9.17) is 10.5 Å². The third-order valence-corrected chi connectivity index (χ3v) is 5.03. The standard InChI is InChI=1S/C21H22N4O3/c22-20(26)18-13-17(23-25(18)16-9-5-2-6-10-16)21(27)24-11-12-28-19(14-24)15-7-3-1-4-8-15/h1-10,18-19H,11-14H2,(H2,22,26). The van der Waals surface area contributed by atoms with E-state index in [9.17, 15) is 9.59 Å². The van der Waals surface area contributed by atoms with Crippen LogP contribution in [0, 0.1) is 0 Å². The monoisotopic (exact) mass is 378 g/mol. The van der Waals surface area contributed by atoms with Crippen LogP contribution in [0.3, 0.4) is 0 Å². The number of para-hydroxylation sites is 1.